The zero-order chi connectivity index (χ0) is 22.1. The molecule has 1 aliphatic rings. The van der Waals surface area contributed by atoms with Gasteiger partial charge in [0.05, 0.1) is 12.9 Å². The van der Waals surface area contributed by atoms with Crippen molar-refractivity contribution in [1.82, 2.24) is 0 Å². The van der Waals surface area contributed by atoms with Gasteiger partial charge in [0.25, 0.3) is 0 Å². The van der Waals surface area contributed by atoms with Crippen LogP contribution in [0.15, 0.2) is 11.8 Å². The first-order chi connectivity index (χ1) is 12.5. The normalized spacial score (nSPS) is 26.4. The number of hydrogen-bond acceptors (Lipinski definition) is 4. The van der Waals surface area contributed by atoms with E-state index in [-0.39, 0.29) is 28.4 Å². The SMILES string of the molecule is CO[C@@H]1O[C@H](CO[Si](C)(C)C(C)(C)C(C)C)/C(=C/O[Si](C)(C)C(C)(C)C)[C@H]1C. The summed E-state index contributed by atoms with van der Waals surface area (Å²) in [6, 6.07) is 0. The highest BCUT2D eigenvalue weighted by Gasteiger charge is 2.46. The van der Waals surface area contributed by atoms with Gasteiger partial charge in [0.15, 0.2) is 14.6 Å². The van der Waals surface area contributed by atoms with Gasteiger partial charge in [0.2, 0.25) is 8.32 Å². The fourth-order valence-corrected chi connectivity index (χ4v) is 6.06. The Morgan fingerprint density at radius 1 is 1.04 bits per heavy atom. The van der Waals surface area contributed by atoms with E-state index in [1.807, 2.05) is 6.26 Å². The second-order valence-electron chi connectivity index (χ2n) is 11.2. The first-order valence-corrected chi connectivity index (χ1v) is 16.5. The van der Waals surface area contributed by atoms with Crippen molar-refractivity contribution >= 4 is 16.6 Å². The zero-order valence-electron chi connectivity index (χ0n) is 20.7. The summed E-state index contributed by atoms with van der Waals surface area (Å²) in [4.78, 5) is 0. The van der Waals surface area contributed by atoms with Crippen LogP contribution in [0.5, 0.6) is 0 Å². The van der Waals surface area contributed by atoms with E-state index in [0.29, 0.717) is 12.5 Å². The molecule has 0 aromatic rings. The second-order valence-corrected chi connectivity index (χ2v) is 20.6. The molecule has 4 nitrogen and oxygen atoms in total. The molecule has 0 saturated carbocycles. The van der Waals surface area contributed by atoms with Gasteiger partial charge < -0.3 is 18.3 Å². The average molecular weight is 431 g/mol. The van der Waals surface area contributed by atoms with E-state index in [0.717, 1.165) is 5.57 Å². The van der Waals surface area contributed by atoms with Crippen molar-refractivity contribution in [1.29, 1.82) is 0 Å². The molecule has 0 N–H and O–H groups in total. The molecule has 166 valence electrons. The number of methoxy groups -OCH3 is 1. The van der Waals surface area contributed by atoms with Gasteiger partial charge in [0.1, 0.15) is 6.10 Å². The lowest BCUT2D eigenvalue weighted by Gasteiger charge is -2.43. The summed E-state index contributed by atoms with van der Waals surface area (Å²) in [6.45, 7) is 27.9. The van der Waals surface area contributed by atoms with Gasteiger partial charge in [0, 0.05) is 18.6 Å². The van der Waals surface area contributed by atoms with Crippen LogP contribution in [-0.2, 0) is 18.3 Å². The van der Waals surface area contributed by atoms with Crippen LogP contribution >= 0.6 is 0 Å². The number of ether oxygens (including phenoxy) is 2. The van der Waals surface area contributed by atoms with Crippen LogP contribution in [0.3, 0.4) is 0 Å². The van der Waals surface area contributed by atoms with Crippen LogP contribution in [-0.4, -0.2) is 42.7 Å². The van der Waals surface area contributed by atoms with Gasteiger partial charge in [-0.2, -0.15) is 0 Å². The Kier molecular flexibility index (Phi) is 8.25. The van der Waals surface area contributed by atoms with E-state index in [1.165, 1.54) is 0 Å². The minimum absolute atomic E-state index is 0.112. The summed E-state index contributed by atoms with van der Waals surface area (Å²) in [5.41, 5.74) is 1.16. The maximum absolute atomic E-state index is 6.58. The van der Waals surface area contributed by atoms with Crippen LogP contribution < -0.4 is 0 Å². The van der Waals surface area contributed by atoms with Crippen molar-refractivity contribution in [2.24, 2.45) is 11.8 Å². The molecule has 1 heterocycles. The predicted octanol–water partition coefficient (Wildman–Crippen LogP) is 6.56. The molecule has 6 heteroatoms. The molecular formula is C22H46O4Si2. The standard InChI is InChI=1S/C22H46O4Si2/c1-16(2)22(7,8)28(12,13)25-15-19-18(17(3)20(23-9)26-19)14-24-27(10,11)21(4,5)6/h14,16-17,19-20H,15H2,1-13H3/b18-14+/t17-,19-,20-/m1/s1. The van der Waals surface area contributed by atoms with Gasteiger partial charge >= 0.3 is 0 Å². The van der Waals surface area contributed by atoms with Crippen LogP contribution in [0.2, 0.25) is 36.3 Å². The summed E-state index contributed by atoms with van der Waals surface area (Å²) < 4.78 is 24.8. The molecule has 0 aliphatic carbocycles. The van der Waals surface area contributed by atoms with E-state index < -0.39 is 16.6 Å². The van der Waals surface area contributed by atoms with E-state index in [4.69, 9.17) is 18.3 Å². The third-order valence-electron chi connectivity index (χ3n) is 7.72. The molecule has 1 fully saturated rings. The Labute approximate surface area is 176 Å². The van der Waals surface area contributed by atoms with Gasteiger partial charge in [-0.05, 0) is 42.2 Å². The average Bonchev–Trinajstić information content (AvgIpc) is 2.85. The third kappa shape index (κ3) is 5.51. The number of hydrogen-bond donors (Lipinski definition) is 0. The molecule has 3 atom stereocenters. The van der Waals surface area contributed by atoms with E-state index in [2.05, 4.69) is 81.6 Å². The smallest absolute Gasteiger partial charge is 0.249 e. The molecule has 1 aliphatic heterocycles. The molecule has 0 bridgehead atoms. The summed E-state index contributed by atoms with van der Waals surface area (Å²) in [5, 5.41) is 0.342. The molecule has 0 spiro atoms. The predicted molar refractivity (Wildman–Crippen MR) is 124 cm³/mol. The Morgan fingerprint density at radius 2 is 1.57 bits per heavy atom. The molecule has 0 aromatic heterocycles. The highest BCUT2D eigenvalue weighted by atomic mass is 28.4. The van der Waals surface area contributed by atoms with E-state index in [1.54, 1.807) is 7.11 Å². The van der Waals surface area contributed by atoms with Crippen molar-refractivity contribution in [3.63, 3.8) is 0 Å². The largest absolute Gasteiger partial charge is 0.549 e. The Balaban J connectivity index is 3.01. The Morgan fingerprint density at radius 3 is 2.00 bits per heavy atom. The molecule has 0 unspecified atom stereocenters. The quantitative estimate of drug-likeness (QED) is 0.323. The molecular weight excluding hydrogens is 384 g/mol. The molecule has 1 rings (SSSR count). The minimum Gasteiger partial charge on any atom is -0.549 e. The van der Waals surface area contributed by atoms with Crippen molar-refractivity contribution < 1.29 is 18.3 Å². The minimum atomic E-state index is -1.92. The lowest BCUT2D eigenvalue weighted by atomic mass is 9.99. The number of rotatable bonds is 8. The zero-order valence-corrected chi connectivity index (χ0v) is 22.7. The van der Waals surface area contributed by atoms with Crippen LogP contribution in [0.1, 0.15) is 55.4 Å². The van der Waals surface area contributed by atoms with E-state index in [9.17, 15) is 0 Å². The van der Waals surface area contributed by atoms with E-state index >= 15 is 0 Å². The topological polar surface area (TPSA) is 36.9 Å². The third-order valence-corrected chi connectivity index (χ3v) is 16.6. The highest BCUT2D eigenvalue weighted by Crippen LogP contribution is 2.45. The lowest BCUT2D eigenvalue weighted by molar-refractivity contribution is -0.134. The monoisotopic (exact) mass is 430 g/mol. The maximum atomic E-state index is 6.58. The Hall–Kier alpha value is -0.146. The molecule has 0 amide bonds. The lowest BCUT2D eigenvalue weighted by Crippen LogP contribution is -2.46. The van der Waals surface area contributed by atoms with Crippen molar-refractivity contribution in [3.05, 3.63) is 11.8 Å². The summed E-state index contributed by atoms with van der Waals surface area (Å²) in [7, 11) is -2.08. The first kappa shape index (κ1) is 25.9. The van der Waals surface area contributed by atoms with Crippen LogP contribution in [0.4, 0.5) is 0 Å². The highest BCUT2D eigenvalue weighted by molar-refractivity contribution is 6.74. The van der Waals surface area contributed by atoms with Crippen molar-refractivity contribution in [2.45, 2.75) is 104 Å². The summed E-state index contributed by atoms with van der Waals surface area (Å²) >= 11 is 0. The van der Waals surface area contributed by atoms with Crippen molar-refractivity contribution in [3.8, 4) is 0 Å². The summed E-state index contributed by atoms with van der Waals surface area (Å²) in [5.74, 6) is 0.729. The summed E-state index contributed by atoms with van der Waals surface area (Å²) in [6.07, 6.45) is 1.61. The van der Waals surface area contributed by atoms with Gasteiger partial charge in [-0.15, -0.1) is 0 Å². The van der Waals surface area contributed by atoms with Gasteiger partial charge in [-0.1, -0.05) is 55.4 Å². The van der Waals surface area contributed by atoms with Crippen molar-refractivity contribution in [2.75, 3.05) is 13.7 Å². The van der Waals surface area contributed by atoms with Crippen LogP contribution in [0.25, 0.3) is 0 Å². The Bertz CT molecular complexity index is 547. The molecule has 28 heavy (non-hydrogen) atoms. The fourth-order valence-electron chi connectivity index (χ4n) is 2.94. The molecule has 0 radical (unpaired) electrons. The van der Waals surface area contributed by atoms with Crippen LogP contribution in [0, 0.1) is 11.8 Å². The fraction of sp³-hybridized carbons (Fsp3) is 0.909. The molecule has 1 saturated heterocycles. The van der Waals surface area contributed by atoms with Gasteiger partial charge in [-0.25, -0.2) is 0 Å². The van der Waals surface area contributed by atoms with Gasteiger partial charge in [-0.3, -0.25) is 0 Å². The first-order valence-electron chi connectivity index (χ1n) is 10.7. The second kappa shape index (κ2) is 8.92. The maximum Gasteiger partial charge on any atom is 0.249 e. The molecule has 0 aromatic carbocycles.